The van der Waals surface area contributed by atoms with Gasteiger partial charge in [0, 0.05) is 6.04 Å². The van der Waals surface area contributed by atoms with Crippen LogP contribution in [0.2, 0.25) is 0 Å². The number of benzene rings is 1. The molecule has 1 aromatic rings. The molecule has 1 N–H and O–H groups in total. The van der Waals surface area contributed by atoms with Gasteiger partial charge >= 0.3 is 0 Å². The molecule has 0 heterocycles. The third kappa shape index (κ3) is 3.93. The van der Waals surface area contributed by atoms with Gasteiger partial charge in [0.2, 0.25) is 0 Å². The average molecular weight is 191 g/mol. The molecule has 0 spiro atoms. The lowest BCUT2D eigenvalue weighted by Crippen LogP contribution is -2.24. The van der Waals surface area contributed by atoms with Gasteiger partial charge in [0.1, 0.15) is 0 Å². The van der Waals surface area contributed by atoms with Crippen molar-refractivity contribution in [2.45, 2.75) is 39.7 Å². The van der Waals surface area contributed by atoms with Crippen molar-refractivity contribution in [1.82, 2.24) is 5.32 Å². The molecule has 0 aliphatic carbocycles. The highest BCUT2D eigenvalue weighted by Gasteiger charge is 1.95. The zero-order chi connectivity index (χ0) is 10.4. The molecule has 1 nitrogen and oxygen atoms in total. The Morgan fingerprint density at radius 3 is 2.14 bits per heavy atom. The number of nitrogens with one attached hydrogen (secondary N) is 1. The summed E-state index contributed by atoms with van der Waals surface area (Å²) in [6.07, 6.45) is 2.26. The largest absolute Gasteiger partial charge is 0.314 e. The minimum Gasteiger partial charge on any atom is -0.314 e. The predicted octanol–water partition coefficient (Wildman–Crippen LogP) is 2.79. The summed E-state index contributed by atoms with van der Waals surface area (Å²) in [5.41, 5.74) is 2.85. The number of hydrogen-bond acceptors (Lipinski definition) is 1. The van der Waals surface area contributed by atoms with Crippen LogP contribution in [0.4, 0.5) is 0 Å². The first-order valence-corrected chi connectivity index (χ1v) is 5.53. The summed E-state index contributed by atoms with van der Waals surface area (Å²) < 4.78 is 0. The highest BCUT2D eigenvalue weighted by atomic mass is 14.9. The fourth-order valence-electron chi connectivity index (χ4n) is 1.45. The summed E-state index contributed by atoms with van der Waals surface area (Å²) in [6.45, 7) is 7.62. The highest BCUT2D eigenvalue weighted by Crippen LogP contribution is 2.05. The van der Waals surface area contributed by atoms with Crippen molar-refractivity contribution in [3.63, 3.8) is 0 Å². The van der Waals surface area contributed by atoms with Crippen LogP contribution >= 0.6 is 0 Å². The van der Waals surface area contributed by atoms with E-state index in [2.05, 4.69) is 50.4 Å². The van der Waals surface area contributed by atoms with Crippen LogP contribution in [-0.2, 0) is 12.8 Å². The maximum atomic E-state index is 3.42. The van der Waals surface area contributed by atoms with Crippen molar-refractivity contribution >= 4 is 0 Å². The van der Waals surface area contributed by atoms with Crippen LogP contribution in [0.3, 0.4) is 0 Å². The zero-order valence-corrected chi connectivity index (χ0v) is 9.51. The van der Waals surface area contributed by atoms with Gasteiger partial charge in [0.15, 0.2) is 0 Å². The van der Waals surface area contributed by atoms with E-state index in [0.717, 1.165) is 19.4 Å². The summed E-state index contributed by atoms with van der Waals surface area (Å²) in [4.78, 5) is 0. The minimum atomic E-state index is 0.588. The molecule has 0 fully saturated rings. The molecule has 1 heteroatoms. The van der Waals surface area contributed by atoms with Gasteiger partial charge in [0.25, 0.3) is 0 Å². The second-order valence-corrected chi connectivity index (χ2v) is 4.03. The van der Waals surface area contributed by atoms with Gasteiger partial charge in [0.05, 0.1) is 0 Å². The van der Waals surface area contributed by atoms with Crippen molar-refractivity contribution in [3.8, 4) is 0 Å². The molecule has 0 aromatic heterocycles. The molecule has 0 radical (unpaired) electrons. The molecule has 1 rings (SSSR count). The molecule has 78 valence electrons. The van der Waals surface area contributed by atoms with Crippen molar-refractivity contribution < 1.29 is 0 Å². The predicted molar refractivity (Wildman–Crippen MR) is 62.7 cm³/mol. The van der Waals surface area contributed by atoms with Gasteiger partial charge in [-0.1, -0.05) is 45.0 Å². The monoisotopic (exact) mass is 191 g/mol. The molecular formula is C13H21N. The van der Waals surface area contributed by atoms with E-state index in [0.29, 0.717) is 6.04 Å². The normalized spacial score (nSPS) is 10.9. The molecule has 0 aliphatic heterocycles. The molecule has 0 saturated carbocycles. The van der Waals surface area contributed by atoms with E-state index in [4.69, 9.17) is 0 Å². The lowest BCUT2D eigenvalue weighted by atomic mass is 10.1. The first-order valence-electron chi connectivity index (χ1n) is 5.53. The second-order valence-electron chi connectivity index (χ2n) is 4.03. The summed E-state index contributed by atoms with van der Waals surface area (Å²) >= 11 is 0. The van der Waals surface area contributed by atoms with E-state index in [9.17, 15) is 0 Å². The number of aryl methyl sites for hydroxylation is 1. The molecule has 14 heavy (non-hydrogen) atoms. The summed E-state index contributed by atoms with van der Waals surface area (Å²) in [5.74, 6) is 0. The fourth-order valence-corrected chi connectivity index (χ4v) is 1.45. The third-order valence-corrected chi connectivity index (χ3v) is 2.40. The van der Waals surface area contributed by atoms with Gasteiger partial charge in [-0.2, -0.15) is 0 Å². The van der Waals surface area contributed by atoms with Crippen LogP contribution in [0, 0.1) is 0 Å². The van der Waals surface area contributed by atoms with E-state index in [-0.39, 0.29) is 0 Å². The van der Waals surface area contributed by atoms with Crippen LogP contribution in [0.5, 0.6) is 0 Å². The van der Waals surface area contributed by atoms with E-state index >= 15 is 0 Å². The average Bonchev–Trinajstić information content (AvgIpc) is 2.18. The molecule has 0 bridgehead atoms. The first kappa shape index (κ1) is 11.3. The lowest BCUT2D eigenvalue weighted by molar-refractivity contribution is 0.590. The standard InChI is InChI=1S/C13H21N/c1-4-12-5-7-13(8-6-12)9-10-14-11(2)3/h5-8,11,14H,4,9-10H2,1-3H3. The Hall–Kier alpha value is -0.820. The maximum Gasteiger partial charge on any atom is 0.00105 e. The number of rotatable bonds is 5. The van der Waals surface area contributed by atoms with Crippen LogP contribution in [0.25, 0.3) is 0 Å². The minimum absolute atomic E-state index is 0.588. The number of hydrogen-bond donors (Lipinski definition) is 1. The Kier molecular flexibility index (Phi) is 4.68. The topological polar surface area (TPSA) is 12.0 Å². The van der Waals surface area contributed by atoms with Gasteiger partial charge in [-0.3, -0.25) is 0 Å². The molecule has 0 saturated heterocycles. The van der Waals surface area contributed by atoms with Crippen molar-refractivity contribution in [3.05, 3.63) is 35.4 Å². The second kappa shape index (κ2) is 5.82. The van der Waals surface area contributed by atoms with Crippen molar-refractivity contribution in [2.24, 2.45) is 0 Å². The Morgan fingerprint density at radius 1 is 1.07 bits per heavy atom. The zero-order valence-electron chi connectivity index (χ0n) is 9.51. The SMILES string of the molecule is CCc1ccc(CCNC(C)C)cc1. The molecule has 0 unspecified atom stereocenters. The van der Waals surface area contributed by atoms with E-state index in [1.54, 1.807) is 0 Å². The molecule has 0 aliphatic rings. The maximum absolute atomic E-state index is 3.42. The van der Waals surface area contributed by atoms with Gasteiger partial charge in [-0.25, -0.2) is 0 Å². The molecular weight excluding hydrogens is 170 g/mol. The lowest BCUT2D eigenvalue weighted by Gasteiger charge is -2.07. The van der Waals surface area contributed by atoms with Crippen LogP contribution < -0.4 is 5.32 Å². The fraction of sp³-hybridized carbons (Fsp3) is 0.538. The Morgan fingerprint density at radius 2 is 1.64 bits per heavy atom. The van der Waals surface area contributed by atoms with E-state index in [1.165, 1.54) is 11.1 Å². The van der Waals surface area contributed by atoms with Gasteiger partial charge < -0.3 is 5.32 Å². The summed E-state index contributed by atoms with van der Waals surface area (Å²) in [5, 5.41) is 3.42. The Bertz CT molecular complexity index is 248. The van der Waals surface area contributed by atoms with Crippen molar-refractivity contribution in [1.29, 1.82) is 0 Å². The quantitative estimate of drug-likeness (QED) is 0.754. The molecule has 0 amide bonds. The smallest absolute Gasteiger partial charge is 0.00105 e. The highest BCUT2D eigenvalue weighted by molar-refractivity contribution is 5.22. The van der Waals surface area contributed by atoms with Gasteiger partial charge in [-0.15, -0.1) is 0 Å². The first-order chi connectivity index (χ1) is 6.72. The van der Waals surface area contributed by atoms with Crippen LogP contribution in [-0.4, -0.2) is 12.6 Å². The van der Waals surface area contributed by atoms with E-state index in [1.807, 2.05) is 0 Å². The van der Waals surface area contributed by atoms with Crippen molar-refractivity contribution in [2.75, 3.05) is 6.54 Å². The van der Waals surface area contributed by atoms with Crippen LogP contribution in [0.15, 0.2) is 24.3 Å². The summed E-state index contributed by atoms with van der Waals surface area (Å²) in [6, 6.07) is 9.52. The molecule has 1 aromatic carbocycles. The Balaban J connectivity index is 2.36. The van der Waals surface area contributed by atoms with E-state index < -0.39 is 0 Å². The van der Waals surface area contributed by atoms with Crippen LogP contribution in [0.1, 0.15) is 31.9 Å². The molecule has 0 atom stereocenters. The third-order valence-electron chi connectivity index (χ3n) is 2.40. The summed E-state index contributed by atoms with van der Waals surface area (Å²) in [7, 11) is 0. The Labute approximate surface area is 87.5 Å². The van der Waals surface area contributed by atoms with Gasteiger partial charge in [-0.05, 0) is 30.5 Å².